The minimum atomic E-state index is 0.725. The molecule has 0 saturated carbocycles. The molecule has 2 aromatic carbocycles. The third-order valence-electron chi connectivity index (χ3n) is 3.14. The highest BCUT2D eigenvalue weighted by Crippen LogP contribution is 2.32. The van der Waals surface area contributed by atoms with Crippen molar-refractivity contribution in [2.24, 2.45) is 0 Å². The van der Waals surface area contributed by atoms with Gasteiger partial charge in [0.25, 0.3) is 0 Å². The number of benzene rings is 2. The van der Waals surface area contributed by atoms with Crippen molar-refractivity contribution in [2.75, 3.05) is 5.32 Å². The van der Waals surface area contributed by atoms with E-state index < -0.39 is 0 Å². The summed E-state index contributed by atoms with van der Waals surface area (Å²) in [6, 6.07) is 15.8. The molecule has 6 heteroatoms. The summed E-state index contributed by atoms with van der Waals surface area (Å²) in [6.45, 7) is 0. The quantitative estimate of drug-likeness (QED) is 0.509. The van der Waals surface area contributed by atoms with Gasteiger partial charge in [0.05, 0.1) is 15.9 Å². The average molecular weight is 344 g/mol. The van der Waals surface area contributed by atoms with Gasteiger partial charge in [-0.3, -0.25) is 0 Å². The molecule has 4 aromatic rings. The minimum absolute atomic E-state index is 0.725. The van der Waals surface area contributed by atoms with E-state index in [9.17, 15) is 0 Å². The number of fused-ring (bicyclic) bond motifs is 1. The van der Waals surface area contributed by atoms with Crippen LogP contribution in [0.3, 0.4) is 0 Å². The largest absolute Gasteiger partial charge is 0.307 e. The van der Waals surface area contributed by atoms with Crippen LogP contribution in [0.25, 0.3) is 21.5 Å². The number of anilines is 2. The molecule has 1 N–H and O–H groups in total. The molecule has 108 valence electrons. The molecular weight excluding hydrogens is 334 g/mol. The number of thiazole rings is 2. The number of nitrogens with zero attached hydrogens (tertiary/aromatic N) is 2. The van der Waals surface area contributed by atoms with Gasteiger partial charge in [0.1, 0.15) is 0 Å². The molecule has 0 radical (unpaired) electrons. The topological polar surface area (TPSA) is 37.8 Å². The number of aromatic nitrogens is 2. The second-order valence-corrected chi connectivity index (χ2v) is 6.99. The van der Waals surface area contributed by atoms with Crippen molar-refractivity contribution in [3.63, 3.8) is 0 Å². The molecule has 3 nitrogen and oxygen atoms in total. The average Bonchev–Trinajstić information content (AvgIpc) is 3.14. The standard InChI is InChI=1S/C16H10ClN3S2/c17-11-6-7-12-14(8-11)22-16(18-12)20-15-19-13(9-21-15)10-4-2-1-3-5-10/h1-9H,(H,18,19,20). The lowest BCUT2D eigenvalue weighted by molar-refractivity contribution is 1.36. The number of rotatable bonds is 3. The van der Waals surface area contributed by atoms with Gasteiger partial charge in [0.2, 0.25) is 0 Å². The predicted octanol–water partition coefficient (Wildman–Crippen LogP) is 5.82. The summed E-state index contributed by atoms with van der Waals surface area (Å²) in [5.41, 5.74) is 3.02. The second-order valence-electron chi connectivity index (χ2n) is 4.66. The van der Waals surface area contributed by atoms with Crippen LogP contribution in [0.5, 0.6) is 0 Å². The summed E-state index contributed by atoms with van der Waals surface area (Å²) in [4.78, 5) is 9.16. The van der Waals surface area contributed by atoms with Crippen LogP contribution >= 0.6 is 34.3 Å². The molecule has 0 aliphatic rings. The Balaban J connectivity index is 1.61. The number of halogens is 1. The van der Waals surface area contributed by atoms with Gasteiger partial charge < -0.3 is 5.32 Å². The first-order valence-electron chi connectivity index (χ1n) is 6.62. The Kier molecular flexibility index (Phi) is 3.54. The molecule has 0 aliphatic heterocycles. The van der Waals surface area contributed by atoms with E-state index in [1.165, 1.54) is 0 Å². The molecule has 0 unspecified atom stereocenters. The summed E-state index contributed by atoms with van der Waals surface area (Å²) in [5, 5.41) is 7.71. The summed E-state index contributed by atoms with van der Waals surface area (Å²) < 4.78 is 1.06. The van der Waals surface area contributed by atoms with Crippen LogP contribution in [0, 0.1) is 0 Å². The Morgan fingerprint density at radius 1 is 0.955 bits per heavy atom. The third kappa shape index (κ3) is 2.70. The van der Waals surface area contributed by atoms with E-state index in [2.05, 4.69) is 27.4 Å². The third-order valence-corrected chi connectivity index (χ3v) is 5.06. The fourth-order valence-electron chi connectivity index (χ4n) is 2.12. The van der Waals surface area contributed by atoms with E-state index in [0.29, 0.717) is 0 Å². The lowest BCUT2D eigenvalue weighted by Crippen LogP contribution is -1.88. The van der Waals surface area contributed by atoms with Crippen molar-refractivity contribution in [2.45, 2.75) is 0 Å². The monoisotopic (exact) mass is 343 g/mol. The van der Waals surface area contributed by atoms with E-state index in [1.807, 2.05) is 41.8 Å². The maximum Gasteiger partial charge on any atom is 0.190 e. The molecule has 0 amide bonds. The van der Waals surface area contributed by atoms with Gasteiger partial charge in [0, 0.05) is 16.0 Å². The van der Waals surface area contributed by atoms with Gasteiger partial charge in [0.15, 0.2) is 10.3 Å². The van der Waals surface area contributed by atoms with E-state index >= 15 is 0 Å². The smallest absolute Gasteiger partial charge is 0.190 e. The van der Waals surface area contributed by atoms with E-state index in [-0.39, 0.29) is 0 Å². The predicted molar refractivity (Wildman–Crippen MR) is 95.5 cm³/mol. The van der Waals surface area contributed by atoms with Gasteiger partial charge in [-0.05, 0) is 18.2 Å². The van der Waals surface area contributed by atoms with Gasteiger partial charge in [-0.1, -0.05) is 53.3 Å². The van der Waals surface area contributed by atoms with Gasteiger partial charge in [-0.2, -0.15) is 0 Å². The summed E-state index contributed by atoms with van der Waals surface area (Å²) in [6.07, 6.45) is 0. The normalized spacial score (nSPS) is 11.0. The van der Waals surface area contributed by atoms with Crippen molar-refractivity contribution in [3.8, 4) is 11.3 Å². The van der Waals surface area contributed by atoms with Crippen LogP contribution in [0.15, 0.2) is 53.9 Å². The number of nitrogens with one attached hydrogen (secondary N) is 1. The fourth-order valence-corrected chi connectivity index (χ4v) is 4.04. The van der Waals surface area contributed by atoms with Crippen molar-refractivity contribution < 1.29 is 0 Å². The molecule has 2 aromatic heterocycles. The first-order valence-corrected chi connectivity index (χ1v) is 8.69. The minimum Gasteiger partial charge on any atom is -0.307 e. The van der Waals surface area contributed by atoms with E-state index in [0.717, 1.165) is 36.8 Å². The molecule has 0 bridgehead atoms. The zero-order chi connectivity index (χ0) is 14.9. The molecule has 0 fully saturated rings. The lowest BCUT2D eigenvalue weighted by Gasteiger charge is -1.96. The molecule has 0 aliphatic carbocycles. The molecule has 2 heterocycles. The SMILES string of the molecule is Clc1ccc2nc(Nc3nc(-c4ccccc4)cs3)sc2c1. The van der Waals surface area contributed by atoms with Gasteiger partial charge >= 0.3 is 0 Å². The zero-order valence-corrected chi connectivity index (χ0v) is 13.7. The summed E-state index contributed by atoms with van der Waals surface area (Å²) in [7, 11) is 0. The van der Waals surface area contributed by atoms with Crippen molar-refractivity contribution >= 4 is 54.8 Å². The first kappa shape index (κ1) is 13.7. The summed E-state index contributed by atoms with van der Waals surface area (Å²) in [5.74, 6) is 0. The van der Waals surface area contributed by atoms with Crippen molar-refractivity contribution in [3.05, 3.63) is 58.9 Å². The van der Waals surface area contributed by atoms with Gasteiger partial charge in [-0.25, -0.2) is 9.97 Å². The van der Waals surface area contributed by atoms with Crippen LogP contribution in [0.1, 0.15) is 0 Å². The Hall–Kier alpha value is -1.95. The van der Waals surface area contributed by atoms with Crippen LogP contribution in [0.2, 0.25) is 5.02 Å². The molecule has 4 rings (SSSR count). The van der Waals surface area contributed by atoms with Gasteiger partial charge in [-0.15, -0.1) is 11.3 Å². The highest BCUT2D eigenvalue weighted by atomic mass is 35.5. The van der Waals surface area contributed by atoms with Crippen LogP contribution in [-0.2, 0) is 0 Å². The molecule has 22 heavy (non-hydrogen) atoms. The van der Waals surface area contributed by atoms with Crippen LogP contribution in [0.4, 0.5) is 10.3 Å². The Bertz CT molecular complexity index is 931. The fraction of sp³-hybridized carbons (Fsp3) is 0. The van der Waals surface area contributed by atoms with Crippen LogP contribution in [-0.4, -0.2) is 9.97 Å². The Labute approximate surface area is 140 Å². The second kappa shape index (κ2) is 5.68. The summed E-state index contributed by atoms with van der Waals surface area (Å²) >= 11 is 9.15. The molecule has 0 atom stereocenters. The van der Waals surface area contributed by atoms with E-state index in [1.54, 1.807) is 22.7 Å². The maximum atomic E-state index is 6.01. The van der Waals surface area contributed by atoms with Crippen LogP contribution < -0.4 is 5.32 Å². The molecular formula is C16H10ClN3S2. The number of hydrogen-bond acceptors (Lipinski definition) is 5. The maximum absolute atomic E-state index is 6.01. The molecule has 0 saturated heterocycles. The van der Waals surface area contributed by atoms with Crippen molar-refractivity contribution in [1.29, 1.82) is 0 Å². The van der Waals surface area contributed by atoms with Crippen molar-refractivity contribution in [1.82, 2.24) is 9.97 Å². The number of hydrogen-bond donors (Lipinski definition) is 1. The lowest BCUT2D eigenvalue weighted by atomic mass is 10.2. The zero-order valence-electron chi connectivity index (χ0n) is 11.3. The highest BCUT2D eigenvalue weighted by molar-refractivity contribution is 7.22. The Morgan fingerprint density at radius 3 is 2.68 bits per heavy atom. The first-order chi connectivity index (χ1) is 10.8. The Morgan fingerprint density at radius 2 is 1.82 bits per heavy atom. The highest BCUT2D eigenvalue weighted by Gasteiger charge is 2.08. The molecule has 0 spiro atoms. The van der Waals surface area contributed by atoms with E-state index in [4.69, 9.17) is 11.6 Å².